The number of imidazole rings is 1. The number of fused-ring (bicyclic) bond motifs is 1. The topological polar surface area (TPSA) is 46.0 Å². The molecule has 0 spiro atoms. The van der Waals surface area contributed by atoms with Gasteiger partial charge in [0.05, 0.1) is 0 Å². The van der Waals surface area contributed by atoms with E-state index in [1.165, 1.54) is 38.2 Å². The van der Waals surface area contributed by atoms with Gasteiger partial charge in [-0.1, -0.05) is 0 Å². The van der Waals surface area contributed by atoms with Gasteiger partial charge in [-0.3, -0.25) is 0 Å². The summed E-state index contributed by atoms with van der Waals surface area (Å²) in [5.74, 6) is 1.79. The third-order valence-corrected chi connectivity index (χ3v) is 5.50. The van der Waals surface area contributed by atoms with E-state index in [4.69, 9.17) is 4.98 Å². The van der Waals surface area contributed by atoms with Crippen LogP contribution in [0.25, 0.3) is 11.2 Å². The molecule has 2 fully saturated rings. The molecule has 2 aromatic rings. The number of nitrogens with zero attached hydrogens (tertiary/aromatic N) is 4. The Morgan fingerprint density at radius 1 is 1.22 bits per heavy atom. The van der Waals surface area contributed by atoms with Crippen molar-refractivity contribution in [3.05, 3.63) is 24.2 Å². The van der Waals surface area contributed by atoms with Crippen LogP contribution in [0.15, 0.2) is 18.3 Å². The molecule has 0 amide bonds. The fourth-order valence-corrected chi connectivity index (χ4v) is 4.13. The maximum atomic E-state index is 4.97. The number of piperidine rings is 1. The first kappa shape index (κ1) is 15.1. The first-order valence-corrected chi connectivity index (χ1v) is 9.01. The molecule has 124 valence electrons. The molecular formula is C18H27N5. The van der Waals surface area contributed by atoms with Gasteiger partial charge in [-0.25, -0.2) is 9.97 Å². The number of pyridine rings is 1. The Balaban J connectivity index is 1.69. The van der Waals surface area contributed by atoms with Crippen molar-refractivity contribution in [2.75, 3.05) is 26.2 Å². The molecule has 2 saturated heterocycles. The van der Waals surface area contributed by atoms with Gasteiger partial charge in [-0.15, -0.1) is 0 Å². The fraction of sp³-hybridized carbons (Fsp3) is 0.667. The molecule has 4 rings (SSSR count). The maximum absolute atomic E-state index is 4.97. The molecule has 5 nitrogen and oxygen atoms in total. The summed E-state index contributed by atoms with van der Waals surface area (Å²) < 4.78 is 2.48. The number of hydrogen-bond acceptors (Lipinski definition) is 4. The van der Waals surface area contributed by atoms with Gasteiger partial charge < -0.3 is 14.8 Å². The van der Waals surface area contributed by atoms with Crippen molar-refractivity contribution in [1.82, 2.24) is 24.8 Å². The number of aromatic nitrogens is 3. The van der Waals surface area contributed by atoms with Crippen LogP contribution in [0, 0.1) is 0 Å². The molecule has 0 aliphatic carbocycles. The molecule has 0 aromatic carbocycles. The summed E-state index contributed by atoms with van der Waals surface area (Å²) in [6, 6.07) is 5.29. The van der Waals surface area contributed by atoms with Crippen molar-refractivity contribution in [2.45, 2.75) is 51.1 Å². The lowest BCUT2D eigenvalue weighted by molar-refractivity contribution is 0.151. The van der Waals surface area contributed by atoms with E-state index in [-0.39, 0.29) is 0 Å². The highest BCUT2D eigenvalue weighted by Gasteiger charge is 2.30. The zero-order valence-electron chi connectivity index (χ0n) is 14.2. The highest BCUT2D eigenvalue weighted by atomic mass is 15.2. The van der Waals surface area contributed by atoms with Crippen LogP contribution in [0.3, 0.4) is 0 Å². The van der Waals surface area contributed by atoms with Crippen molar-refractivity contribution >= 4 is 11.2 Å². The fourth-order valence-electron chi connectivity index (χ4n) is 4.13. The standard InChI is InChI=1S/C18H27N5/c1-13(2)22-10-6-15(7-11-22)23-17(14-5-9-19-12-14)21-16-4-3-8-20-18(16)23/h3-4,8,13-15,19H,5-7,9-12H2,1-2H3. The summed E-state index contributed by atoms with van der Waals surface area (Å²) in [7, 11) is 0. The quantitative estimate of drug-likeness (QED) is 0.946. The van der Waals surface area contributed by atoms with Crippen LogP contribution >= 0.6 is 0 Å². The molecule has 0 bridgehead atoms. The largest absolute Gasteiger partial charge is 0.316 e. The molecule has 2 aliphatic heterocycles. The third-order valence-electron chi connectivity index (χ3n) is 5.50. The van der Waals surface area contributed by atoms with Crippen LogP contribution in [0.1, 0.15) is 50.9 Å². The van der Waals surface area contributed by atoms with Crippen LogP contribution < -0.4 is 5.32 Å². The van der Waals surface area contributed by atoms with Gasteiger partial charge in [-0.05, 0) is 51.8 Å². The zero-order valence-corrected chi connectivity index (χ0v) is 14.2. The normalized spacial score (nSPS) is 24.0. The first-order valence-electron chi connectivity index (χ1n) is 9.01. The molecular weight excluding hydrogens is 286 g/mol. The second-order valence-corrected chi connectivity index (χ2v) is 7.24. The number of nitrogens with one attached hydrogen (secondary N) is 1. The van der Waals surface area contributed by atoms with E-state index in [1.54, 1.807) is 0 Å². The van der Waals surface area contributed by atoms with Gasteiger partial charge in [0.1, 0.15) is 11.3 Å². The highest BCUT2D eigenvalue weighted by Crippen LogP contribution is 2.33. The van der Waals surface area contributed by atoms with E-state index in [2.05, 4.69) is 39.7 Å². The molecule has 2 aliphatic rings. The van der Waals surface area contributed by atoms with E-state index in [1.807, 2.05) is 12.3 Å². The predicted octanol–water partition coefficient (Wildman–Crippen LogP) is 2.55. The highest BCUT2D eigenvalue weighted by molar-refractivity contribution is 5.71. The molecule has 0 radical (unpaired) electrons. The zero-order chi connectivity index (χ0) is 15.8. The van der Waals surface area contributed by atoms with Crippen molar-refractivity contribution < 1.29 is 0 Å². The van der Waals surface area contributed by atoms with Gasteiger partial charge in [0.25, 0.3) is 0 Å². The molecule has 23 heavy (non-hydrogen) atoms. The summed E-state index contributed by atoms with van der Waals surface area (Å²) in [5.41, 5.74) is 2.14. The number of rotatable bonds is 3. The van der Waals surface area contributed by atoms with Crippen LogP contribution in [0.4, 0.5) is 0 Å². The average molecular weight is 313 g/mol. The Hall–Kier alpha value is -1.46. The minimum Gasteiger partial charge on any atom is -0.316 e. The summed E-state index contributed by atoms with van der Waals surface area (Å²) in [6.45, 7) is 9.10. The van der Waals surface area contributed by atoms with Crippen LogP contribution in [-0.4, -0.2) is 51.7 Å². The lowest BCUT2D eigenvalue weighted by Crippen LogP contribution is -2.39. The molecule has 2 aromatic heterocycles. The van der Waals surface area contributed by atoms with Gasteiger partial charge in [-0.2, -0.15) is 0 Å². The van der Waals surface area contributed by atoms with Crippen LogP contribution in [0.2, 0.25) is 0 Å². The summed E-state index contributed by atoms with van der Waals surface area (Å²) in [4.78, 5) is 12.2. The van der Waals surface area contributed by atoms with E-state index in [0.717, 1.165) is 24.3 Å². The minimum absolute atomic E-state index is 0.535. The second-order valence-electron chi connectivity index (χ2n) is 7.24. The van der Waals surface area contributed by atoms with Crippen molar-refractivity contribution in [3.63, 3.8) is 0 Å². The second kappa shape index (κ2) is 6.21. The van der Waals surface area contributed by atoms with Crippen molar-refractivity contribution in [3.8, 4) is 0 Å². The van der Waals surface area contributed by atoms with Crippen molar-refractivity contribution in [1.29, 1.82) is 0 Å². The third kappa shape index (κ3) is 2.76. The molecule has 1 atom stereocenters. The summed E-state index contributed by atoms with van der Waals surface area (Å²) >= 11 is 0. The van der Waals surface area contributed by atoms with E-state index in [0.29, 0.717) is 18.0 Å². The number of likely N-dealkylation sites (tertiary alicyclic amines) is 1. The van der Waals surface area contributed by atoms with Gasteiger partial charge in [0, 0.05) is 43.8 Å². The molecule has 1 N–H and O–H groups in total. The summed E-state index contributed by atoms with van der Waals surface area (Å²) in [6.07, 6.45) is 5.50. The van der Waals surface area contributed by atoms with Gasteiger partial charge in [0.15, 0.2) is 5.65 Å². The predicted molar refractivity (Wildman–Crippen MR) is 92.7 cm³/mol. The Bertz CT molecular complexity index is 663. The monoisotopic (exact) mass is 313 g/mol. The Morgan fingerprint density at radius 2 is 2.04 bits per heavy atom. The van der Waals surface area contributed by atoms with E-state index < -0.39 is 0 Å². The number of hydrogen-bond donors (Lipinski definition) is 1. The Kier molecular flexibility index (Phi) is 4.07. The SMILES string of the molecule is CC(C)N1CCC(n2c(C3CCNC3)nc3cccnc32)CC1. The summed E-state index contributed by atoms with van der Waals surface area (Å²) in [5, 5.41) is 3.49. The van der Waals surface area contributed by atoms with Crippen LogP contribution in [-0.2, 0) is 0 Å². The van der Waals surface area contributed by atoms with Gasteiger partial charge >= 0.3 is 0 Å². The molecule has 5 heteroatoms. The maximum Gasteiger partial charge on any atom is 0.160 e. The van der Waals surface area contributed by atoms with E-state index in [9.17, 15) is 0 Å². The van der Waals surface area contributed by atoms with Crippen LogP contribution in [0.5, 0.6) is 0 Å². The lowest BCUT2D eigenvalue weighted by Gasteiger charge is -2.36. The average Bonchev–Trinajstić information content (AvgIpc) is 3.22. The minimum atomic E-state index is 0.535. The molecule has 0 saturated carbocycles. The van der Waals surface area contributed by atoms with E-state index >= 15 is 0 Å². The Morgan fingerprint density at radius 3 is 2.74 bits per heavy atom. The first-order chi connectivity index (χ1) is 11.2. The molecule has 4 heterocycles. The Labute approximate surface area is 138 Å². The molecule has 1 unspecified atom stereocenters. The van der Waals surface area contributed by atoms with Gasteiger partial charge in [0.2, 0.25) is 0 Å². The van der Waals surface area contributed by atoms with Crippen molar-refractivity contribution in [2.24, 2.45) is 0 Å². The lowest BCUT2D eigenvalue weighted by atomic mass is 10.0. The smallest absolute Gasteiger partial charge is 0.160 e.